The molecule has 0 fully saturated rings. The Morgan fingerprint density at radius 3 is 2.22 bits per heavy atom. The van der Waals surface area contributed by atoms with Crippen molar-refractivity contribution in [2.24, 2.45) is 0 Å². The van der Waals surface area contributed by atoms with E-state index in [1.165, 1.54) is 16.7 Å². The molecule has 0 aromatic heterocycles. The molecule has 132 valence electrons. The van der Waals surface area contributed by atoms with Crippen LogP contribution in [0.4, 0.5) is 0 Å². The molecular weight excluding hydrogens is 308 g/mol. The molecule has 0 aliphatic carbocycles. The number of benzene rings is 1. The SMILES string of the molecule is CCC(NC(C)NCc1cccc(C)c1C)[Si](OC)(OC)OC. The Morgan fingerprint density at radius 2 is 1.70 bits per heavy atom. The van der Waals surface area contributed by atoms with Crippen molar-refractivity contribution in [2.75, 3.05) is 21.3 Å². The van der Waals surface area contributed by atoms with Gasteiger partial charge in [-0.3, -0.25) is 10.6 Å². The molecule has 2 N–H and O–H groups in total. The number of hydrogen-bond donors (Lipinski definition) is 2. The average Bonchev–Trinajstić information content (AvgIpc) is 2.57. The summed E-state index contributed by atoms with van der Waals surface area (Å²) >= 11 is 0. The highest BCUT2D eigenvalue weighted by atomic mass is 28.4. The predicted octanol–water partition coefficient (Wildman–Crippen LogP) is 2.52. The normalized spacial score (nSPS) is 14.7. The van der Waals surface area contributed by atoms with E-state index < -0.39 is 8.80 Å². The Labute approximate surface area is 142 Å². The van der Waals surface area contributed by atoms with Crippen LogP contribution in [0.15, 0.2) is 18.2 Å². The molecule has 0 aliphatic rings. The quantitative estimate of drug-likeness (QED) is 0.506. The standard InChI is InChI=1S/C17H32N2O3Si/c1-8-17(23(20-5,21-6)22-7)19-15(4)18-12-16-11-9-10-13(2)14(16)3/h9-11,15,17-19H,8,12H2,1-7H3. The zero-order valence-electron chi connectivity index (χ0n) is 15.5. The Hall–Kier alpha value is -0.763. The Balaban J connectivity index is 2.67. The number of aryl methyl sites for hydroxylation is 1. The fourth-order valence-corrected chi connectivity index (χ4v) is 5.08. The minimum Gasteiger partial charge on any atom is -0.376 e. The fraction of sp³-hybridized carbons (Fsp3) is 0.647. The lowest BCUT2D eigenvalue weighted by Crippen LogP contribution is -2.63. The predicted molar refractivity (Wildman–Crippen MR) is 96.2 cm³/mol. The largest absolute Gasteiger partial charge is 0.518 e. The summed E-state index contributed by atoms with van der Waals surface area (Å²) < 4.78 is 16.8. The molecule has 1 aromatic carbocycles. The monoisotopic (exact) mass is 340 g/mol. The van der Waals surface area contributed by atoms with Crippen LogP contribution in [-0.2, 0) is 19.8 Å². The molecule has 0 saturated heterocycles. The van der Waals surface area contributed by atoms with Crippen LogP contribution in [-0.4, -0.2) is 42.0 Å². The Morgan fingerprint density at radius 1 is 1.09 bits per heavy atom. The van der Waals surface area contributed by atoms with Crippen LogP contribution in [0.1, 0.15) is 37.0 Å². The van der Waals surface area contributed by atoms with Gasteiger partial charge in [-0.1, -0.05) is 25.1 Å². The smallest absolute Gasteiger partial charge is 0.376 e. The maximum atomic E-state index is 5.59. The van der Waals surface area contributed by atoms with Crippen LogP contribution in [0.2, 0.25) is 0 Å². The van der Waals surface area contributed by atoms with Gasteiger partial charge in [0.1, 0.15) is 0 Å². The molecule has 0 heterocycles. The van der Waals surface area contributed by atoms with E-state index in [4.69, 9.17) is 13.3 Å². The van der Waals surface area contributed by atoms with E-state index in [1.807, 2.05) is 0 Å². The zero-order chi connectivity index (χ0) is 17.5. The molecule has 1 rings (SSSR count). The first-order valence-electron chi connectivity index (χ1n) is 8.14. The highest BCUT2D eigenvalue weighted by Gasteiger charge is 2.46. The van der Waals surface area contributed by atoms with E-state index in [1.54, 1.807) is 21.3 Å². The number of rotatable bonds is 10. The summed E-state index contributed by atoms with van der Waals surface area (Å²) in [6, 6.07) is 6.41. The Bertz CT molecular complexity index is 473. The highest BCUT2D eigenvalue weighted by Crippen LogP contribution is 2.16. The van der Waals surface area contributed by atoms with E-state index >= 15 is 0 Å². The Kier molecular flexibility index (Phi) is 8.39. The van der Waals surface area contributed by atoms with Gasteiger partial charge < -0.3 is 13.3 Å². The average molecular weight is 341 g/mol. The summed E-state index contributed by atoms with van der Waals surface area (Å²) in [5.41, 5.74) is 4.03. The van der Waals surface area contributed by atoms with Gasteiger partial charge in [-0.15, -0.1) is 0 Å². The third kappa shape index (κ3) is 5.10. The molecule has 1 aromatic rings. The van der Waals surface area contributed by atoms with Crippen LogP contribution >= 0.6 is 0 Å². The van der Waals surface area contributed by atoms with Gasteiger partial charge in [-0.05, 0) is 43.9 Å². The van der Waals surface area contributed by atoms with Crippen LogP contribution in [0, 0.1) is 13.8 Å². The van der Waals surface area contributed by atoms with Gasteiger partial charge in [-0.25, -0.2) is 0 Å². The first-order valence-corrected chi connectivity index (χ1v) is 9.94. The minimum absolute atomic E-state index is 0.0450. The summed E-state index contributed by atoms with van der Waals surface area (Å²) in [5, 5.41) is 7.06. The van der Waals surface area contributed by atoms with E-state index in [-0.39, 0.29) is 11.8 Å². The second-order valence-corrected chi connectivity index (χ2v) is 8.93. The third-order valence-electron chi connectivity index (χ3n) is 4.46. The first-order chi connectivity index (χ1) is 10.9. The molecule has 2 atom stereocenters. The first kappa shape index (κ1) is 20.3. The molecule has 0 bridgehead atoms. The van der Waals surface area contributed by atoms with Gasteiger partial charge in [-0.2, -0.15) is 0 Å². The van der Waals surface area contributed by atoms with E-state index in [9.17, 15) is 0 Å². The molecular formula is C17H32N2O3Si. The van der Waals surface area contributed by atoms with Crippen molar-refractivity contribution in [1.82, 2.24) is 10.6 Å². The maximum Gasteiger partial charge on any atom is 0.518 e. The summed E-state index contributed by atoms with van der Waals surface area (Å²) in [6.07, 6.45) is 0.990. The zero-order valence-corrected chi connectivity index (χ0v) is 16.5. The topological polar surface area (TPSA) is 51.8 Å². The summed E-state index contributed by atoms with van der Waals surface area (Å²) in [5.74, 6) is 0. The number of nitrogens with one attached hydrogen (secondary N) is 2. The molecule has 23 heavy (non-hydrogen) atoms. The molecule has 0 radical (unpaired) electrons. The van der Waals surface area contributed by atoms with E-state index in [0.717, 1.165) is 13.0 Å². The molecule has 6 heteroatoms. The molecule has 0 aliphatic heterocycles. The van der Waals surface area contributed by atoms with E-state index in [0.29, 0.717) is 0 Å². The second-order valence-electron chi connectivity index (χ2n) is 5.81. The molecule has 0 saturated carbocycles. The van der Waals surface area contributed by atoms with Crippen molar-refractivity contribution in [2.45, 2.75) is 52.5 Å². The van der Waals surface area contributed by atoms with Crippen molar-refractivity contribution in [1.29, 1.82) is 0 Å². The van der Waals surface area contributed by atoms with Gasteiger partial charge >= 0.3 is 8.80 Å². The van der Waals surface area contributed by atoms with Gasteiger partial charge in [0.05, 0.1) is 11.8 Å². The van der Waals surface area contributed by atoms with Crippen LogP contribution in [0.5, 0.6) is 0 Å². The summed E-state index contributed by atoms with van der Waals surface area (Å²) in [4.78, 5) is 0. The van der Waals surface area contributed by atoms with Gasteiger partial charge in [0, 0.05) is 27.9 Å². The van der Waals surface area contributed by atoms with Gasteiger partial charge in [0.2, 0.25) is 0 Å². The lowest BCUT2D eigenvalue weighted by molar-refractivity contribution is 0.103. The van der Waals surface area contributed by atoms with Crippen molar-refractivity contribution < 1.29 is 13.3 Å². The molecule has 0 amide bonds. The van der Waals surface area contributed by atoms with Crippen molar-refractivity contribution in [3.8, 4) is 0 Å². The second kappa shape index (κ2) is 9.51. The molecule has 0 spiro atoms. The van der Waals surface area contributed by atoms with Crippen molar-refractivity contribution in [3.63, 3.8) is 0 Å². The highest BCUT2D eigenvalue weighted by molar-refractivity contribution is 6.62. The number of hydrogen-bond acceptors (Lipinski definition) is 5. The van der Waals surface area contributed by atoms with Crippen molar-refractivity contribution >= 4 is 8.80 Å². The van der Waals surface area contributed by atoms with Crippen LogP contribution < -0.4 is 10.6 Å². The molecule has 5 nitrogen and oxygen atoms in total. The van der Waals surface area contributed by atoms with Crippen LogP contribution in [0.3, 0.4) is 0 Å². The van der Waals surface area contributed by atoms with Gasteiger partial charge in [0.15, 0.2) is 0 Å². The van der Waals surface area contributed by atoms with E-state index in [2.05, 4.69) is 56.5 Å². The lowest BCUT2D eigenvalue weighted by Gasteiger charge is -2.34. The summed E-state index contributed by atoms with van der Waals surface area (Å²) in [7, 11) is 2.26. The van der Waals surface area contributed by atoms with Crippen LogP contribution in [0.25, 0.3) is 0 Å². The lowest BCUT2D eigenvalue weighted by atomic mass is 10.0. The third-order valence-corrected chi connectivity index (χ3v) is 7.59. The van der Waals surface area contributed by atoms with Crippen molar-refractivity contribution in [3.05, 3.63) is 34.9 Å². The minimum atomic E-state index is -2.69. The maximum absolute atomic E-state index is 5.59. The fourth-order valence-electron chi connectivity index (χ4n) is 2.77. The van der Waals surface area contributed by atoms with Gasteiger partial charge in [0.25, 0.3) is 0 Å². The summed E-state index contributed by atoms with van der Waals surface area (Å²) in [6.45, 7) is 9.34. The molecule has 2 unspecified atom stereocenters.